The van der Waals surface area contributed by atoms with Crippen LogP contribution >= 0.6 is 47.8 Å². The fourth-order valence-corrected chi connectivity index (χ4v) is 3.52. The maximum atomic E-state index is 13.7. The molecule has 0 spiro atoms. The highest BCUT2D eigenvalue weighted by atomic mass is 79.9. The van der Waals surface area contributed by atoms with E-state index in [4.69, 9.17) is 0 Å². The quantitative estimate of drug-likeness (QED) is 0.578. The van der Waals surface area contributed by atoms with Crippen LogP contribution in [0.2, 0.25) is 0 Å². The molecule has 0 heterocycles. The van der Waals surface area contributed by atoms with Crippen molar-refractivity contribution < 1.29 is 4.39 Å². The van der Waals surface area contributed by atoms with Crippen molar-refractivity contribution in [1.82, 2.24) is 0 Å². The van der Waals surface area contributed by atoms with Crippen LogP contribution in [-0.2, 0) is 0 Å². The largest absolute Gasteiger partial charge is 0.376 e. The summed E-state index contributed by atoms with van der Waals surface area (Å²) in [6.45, 7) is 1.99. The molecule has 1 atom stereocenters. The van der Waals surface area contributed by atoms with E-state index in [1.165, 1.54) is 6.07 Å². The molecule has 0 amide bonds. The maximum absolute atomic E-state index is 13.7. The van der Waals surface area contributed by atoms with Gasteiger partial charge in [0.2, 0.25) is 0 Å². The highest BCUT2D eigenvalue weighted by Gasteiger charge is 2.12. The van der Waals surface area contributed by atoms with Gasteiger partial charge in [0.15, 0.2) is 0 Å². The van der Waals surface area contributed by atoms with E-state index >= 15 is 0 Å². The maximum Gasteiger partial charge on any atom is 0.146 e. The number of halogens is 4. The van der Waals surface area contributed by atoms with Crippen molar-refractivity contribution in [1.29, 1.82) is 0 Å². The average molecular weight is 452 g/mol. The summed E-state index contributed by atoms with van der Waals surface area (Å²) in [4.78, 5) is 0. The lowest BCUT2D eigenvalue weighted by molar-refractivity contribution is 0.627. The second-order valence-electron chi connectivity index (χ2n) is 4.16. The Labute approximate surface area is 137 Å². The monoisotopic (exact) mass is 449 g/mol. The Kier molecular flexibility index (Phi) is 5.03. The van der Waals surface area contributed by atoms with Crippen LogP contribution in [-0.4, -0.2) is 0 Å². The minimum Gasteiger partial charge on any atom is -0.376 e. The van der Waals surface area contributed by atoms with E-state index in [-0.39, 0.29) is 11.9 Å². The van der Waals surface area contributed by atoms with Crippen molar-refractivity contribution in [2.75, 3.05) is 5.32 Å². The van der Waals surface area contributed by atoms with Crippen molar-refractivity contribution in [2.45, 2.75) is 13.0 Å². The number of nitrogens with one attached hydrogen (secondary N) is 1. The first kappa shape index (κ1) is 15.0. The lowest BCUT2D eigenvalue weighted by atomic mass is 10.1. The highest BCUT2D eigenvalue weighted by Crippen LogP contribution is 2.30. The molecular formula is C14H11Br3FN. The Balaban J connectivity index is 2.25. The molecule has 0 fully saturated rings. The van der Waals surface area contributed by atoms with Gasteiger partial charge in [-0.3, -0.25) is 0 Å². The van der Waals surface area contributed by atoms with Crippen LogP contribution in [0.3, 0.4) is 0 Å². The number of anilines is 1. The fourth-order valence-electron chi connectivity index (χ4n) is 1.77. The van der Waals surface area contributed by atoms with Crippen molar-refractivity contribution in [3.05, 3.63) is 61.2 Å². The predicted octanol–water partition coefficient (Wildman–Crippen LogP) is 6.29. The molecule has 2 rings (SSSR count). The second kappa shape index (κ2) is 6.37. The molecule has 100 valence electrons. The van der Waals surface area contributed by atoms with Crippen LogP contribution < -0.4 is 5.32 Å². The third-order valence-corrected chi connectivity index (χ3v) is 4.40. The summed E-state index contributed by atoms with van der Waals surface area (Å²) in [5, 5.41) is 3.18. The molecule has 19 heavy (non-hydrogen) atoms. The Hall–Kier alpha value is -0.390. The lowest BCUT2D eigenvalue weighted by Crippen LogP contribution is -2.08. The predicted molar refractivity (Wildman–Crippen MR) is 88.0 cm³/mol. The van der Waals surface area contributed by atoms with E-state index in [0.29, 0.717) is 5.69 Å². The summed E-state index contributed by atoms with van der Waals surface area (Å²) < 4.78 is 16.5. The van der Waals surface area contributed by atoms with Crippen LogP contribution in [0, 0.1) is 5.82 Å². The van der Waals surface area contributed by atoms with Gasteiger partial charge in [-0.2, -0.15) is 0 Å². The summed E-state index contributed by atoms with van der Waals surface area (Å²) in [6, 6.07) is 10.8. The zero-order valence-electron chi connectivity index (χ0n) is 10.1. The van der Waals surface area contributed by atoms with Gasteiger partial charge in [-0.1, -0.05) is 53.9 Å². The molecule has 0 saturated carbocycles. The van der Waals surface area contributed by atoms with Crippen molar-refractivity contribution in [3.63, 3.8) is 0 Å². The van der Waals surface area contributed by atoms with E-state index < -0.39 is 0 Å². The summed E-state index contributed by atoms with van der Waals surface area (Å²) in [7, 11) is 0. The molecule has 5 heteroatoms. The van der Waals surface area contributed by atoms with E-state index in [9.17, 15) is 4.39 Å². The van der Waals surface area contributed by atoms with Gasteiger partial charge in [-0.15, -0.1) is 0 Å². The first-order valence-corrected chi connectivity index (χ1v) is 8.02. The van der Waals surface area contributed by atoms with Gasteiger partial charge in [-0.05, 0) is 42.8 Å². The highest BCUT2D eigenvalue weighted by molar-refractivity contribution is 9.11. The van der Waals surface area contributed by atoms with Gasteiger partial charge in [0.05, 0.1) is 5.69 Å². The molecule has 0 aliphatic heterocycles. The van der Waals surface area contributed by atoms with E-state index in [0.717, 1.165) is 19.0 Å². The third kappa shape index (κ3) is 3.80. The standard InChI is InChI=1S/C14H11Br3FN/c1-8(11-4-2-9(15)6-12(11)17)19-14-7-10(16)3-5-13(14)18/h2-8,19H,1H3. The number of hydrogen-bond acceptors (Lipinski definition) is 1. The third-order valence-electron chi connectivity index (χ3n) is 2.73. The van der Waals surface area contributed by atoms with Crippen molar-refractivity contribution in [2.24, 2.45) is 0 Å². The molecule has 0 aliphatic carbocycles. The summed E-state index contributed by atoms with van der Waals surface area (Å²) in [5.41, 5.74) is 1.55. The van der Waals surface area contributed by atoms with Gasteiger partial charge in [0.1, 0.15) is 5.82 Å². The average Bonchev–Trinajstić information content (AvgIpc) is 2.33. The van der Waals surface area contributed by atoms with Crippen molar-refractivity contribution in [3.8, 4) is 0 Å². The molecule has 0 saturated heterocycles. The first-order valence-electron chi connectivity index (χ1n) is 5.64. The molecule has 1 N–H and O–H groups in total. The minimum absolute atomic E-state index is 0.00808. The van der Waals surface area contributed by atoms with Gasteiger partial charge >= 0.3 is 0 Å². The molecule has 0 aliphatic rings. The fraction of sp³-hybridized carbons (Fsp3) is 0.143. The molecule has 1 unspecified atom stereocenters. The van der Waals surface area contributed by atoms with Crippen molar-refractivity contribution >= 4 is 53.5 Å². The van der Waals surface area contributed by atoms with E-state index in [2.05, 4.69) is 53.1 Å². The summed E-state index contributed by atoms with van der Waals surface area (Å²) in [6.07, 6.45) is 0. The zero-order valence-corrected chi connectivity index (χ0v) is 14.8. The smallest absolute Gasteiger partial charge is 0.146 e. The number of rotatable bonds is 3. The summed E-state index contributed by atoms with van der Waals surface area (Å²) >= 11 is 10.3. The SMILES string of the molecule is CC(Nc1cc(Br)ccc1F)c1ccc(Br)cc1Br. The molecule has 1 nitrogen and oxygen atoms in total. The first-order chi connectivity index (χ1) is 8.97. The van der Waals surface area contributed by atoms with E-state index in [1.54, 1.807) is 12.1 Å². The molecule has 2 aromatic carbocycles. The van der Waals surface area contributed by atoms with Crippen LogP contribution in [0.4, 0.5) is 10.1 Å². The van der Waals surface area contributed by atoms with Crippen LogP contribution in [0.5, 0.6) is 0 Å². The molecule has 0 radical (unpaired) electrons. The Bertz CT molecular complexity index is 601. The molecular weight excluding hydrogens is 441 g/mol. The lowest BCUT2D eigenvalue weighted by Gasteiger charge is -2.18. The number of hydrogen-bond donors (Lipinski definition) is 1. The minimum atomic E-state index is -0.261. The van der Waals surface area contributed by atoms with Crippen LogP contribution in [0.25, 0.3) is 0 Å². The Morgan fingerprint density at radius 3 is 2.32 bits per heavy atom. The summed E-state index contributed by atoms with van der Waals surface area (Å²) in [5.74, 6) is -0.261. The van der Waals surface area contributed by atoms with Crippen LogP contribution in [0.15, 0.2) is 49.8 Å². The van der Waals surface area contributed by atoms with Gasteiger partial charge in [0.25, 0.3) is 0 Å². The Morgan fingerprint density at radius 2 is 1.63 bits per heavy atom. The second-order valence-corrected chi connectivity index (χ2v) is 6.84. The van der Waals surface area contributed by atoms with Crippen LogP contribution in [0.1, 0.15) is 18.5 Å². The topological polar surface area (TPSA) is 12.0 Å². The van der Waals surface area contributed by atoms with E-state index in [1.807, 2.05) is 25.1 Å². The molecule has 0 bridgehead atoms. The normalized spacial score (nSPS) is 12.3. The van der Waals surface area contributed by atoms with Gasteiger partial charge in [-0.25, -0.2) is 4.39 Å². The van der Waals surface area contributed by atoms with Gasteiger partial charge in [0, 0.05) is 19.5 Å². The molecule has 0 aromatic heterocycles. The zero-order chi connectivity index (χ0) is 14.0. The Morgan fingerprint density at radius 1 is 1.00 bits per heavy atom. The van der Waals surface area contributed by atoms with Gasteiger partial charge < -0.3 is 5.32 Å². The number of benzene rings is 2. The molecule has 2 aromatic rings.